The molecule has 2 heterocycles. The molecule has 0 unspecified atom stereocenters. The minimum absolute atomic E-state index is 0.00664. The fourth-order valence-electron chi connectivity index (χ4n) is 10.3. The van der Waals surface area contributed by atoms with Gasteiger partial charge in [0, 0.05) is 84.8 Å². The Hall–Kier alpha value is -9.65. The van der Waals surface area contributed by atoms with Crippen LogP contribution in [0.2, 0.25) is 0 Å². The number of morpholine rings is 1. The van der Waals surface area contributed by atoms with Gasteiger partial charge in [0.05, 0.1) is 45.9 Å². The third-order valence-corrected chi connectivity index (χ3v) is 16.1. The molecule has 25 heteroatoms. The number of ether oxygens (including phenoxy) is 6. The van der Waals surface area contributed by atoms with Crippen LogP contribution in [0.5, 0.6) is 17.2 Å². The number of methoxy groups -OCH3 is 2. The van der Waals surface area contributed by atoms with Crippen molar-refractivity contribution in [3.05, 3.63) is 132 Å². The molecule has 500 valence electrons. The second-order valence-corrected chi connectivity index (χ2v) is 23.3. The maximum atomic E-state index is 14.8. The molecule has 25 nitrogen and oxygen atoms in total. The first-order valence-electron chi connectivity index (χ1n) is 30.9. The Morgan fingerprint density at radius 1 is 0.753 bits per heavy atom. The molecule has 0 spiro atoms. The summed E-state index contributed by atoms with van der Waals surface area (Å²) >= 11 is 0. The molecule has 2 fully saturated rings. The van der Waals surface area contributed by atoms with Gasteiger partial charge in [0.15, 0.2) is 11.5 Å². The molecule has 0 aromatic heterocycles. The highest BCUT2D eigenvalue weighted by Crippen LogP contribution is 2.33. The lowest BCUT2D eigenvalue weighted by Gasteiger charge is -2.36. The summed E-state index contributed by atoms with van der Waals surface area (Å²) in [6.07, 6.45) is 0.413. The van der Waals surface area contributed by atoms with Crippen molar-refractivity contribution >= 4 is 70.9 Å². The van der Waals surface area contributed by atoms with Gasteiger partial charge >= 0.3 is 18.0 Å². The Morgan fingerprint density at radius 2 is 1.44 bits per heavy atom. The average molecular weight is 1290 g/mol. The first-order chi connectivity index (χ1) is 44.4. The first kappa shape index (κ1) is 72.4. The summed E-state index contributed by atoms with van der Waals surface area (Å²) in [4.78, 5) is 156. The van der Waals surface area contributed by atoms with Crippen LogP contribution >= 0.6 is 0 Å². The predicted molar refractivity (Wildman–Crippen MR) is 341 cm³/mol. The Balaban J connectivity index is 1.21. The highest BCUT2D eigenvalue weighted by molar-refractivity contribution is 6.38. The number of aryl methyl sites for hydroxylation is 1. The van der Waals surface area contributed by atoms with Gasteiger partial charge in [-0.3, -0.25) is 38.4 Å². The Labute approximate surface area is 542 Å². The van der Waals surface area contributed by atoms with Gasteiger partial charge < -0.3 is 68.9 Å². The highest BCUT2D eigenvalue weighted by atomic mass is 16.6. The highest BCUT2D eigenvalue weighted by Gasteiger charge is 2.43. The van der Waals surface area contributed by atoms with Crippen LogP contribution in [0.1, 0.15) is 87.7 Å². The van der Waals surface area contributed by atoms with Gasteiger partial charge in [-0.15, -0.1) is 0 Å². The SMILES string of the molecule is C=CC(=O)OCC(C)(C)C(=O)C(=O)N1CCCC[C@H]1C(=O)O[C@H](CCc1ccc(OC)c(OC)c1)c1cccc(NC(=O)CCC(=O)N(C)[C@@H](Cc2ccc(OC(=O)N3CCOCC3)cc2)C(=O)N[C@H](Cc2ccccc2)C(=O)N(C)CC(=O)NCC(=O)N(C)CC)c1. The van der Waals surface area contributed by atoms with Gasteiger partial charge in [0.1, 0.15) is 36.6 Å². The van der Waals surface area contributed by atoms with Crippen LogP contribution in [0, 0.1) is 5.41 Å². The van der Waals surface area contributed by atoms with Crippen molar-refractivity contribution in [2.45, 2.75) is 103 Å². The molecule has 4 atom stereocenters. The molecule has 0 saturated carbocycles. The van der Waals surface area contributed by atoms with Gasteiger partial charge in [-0.05, 0) is 112 Å². The molecule has 0 aliphatic carbocycles. The molecule has 8 amide bonds. The summed E-state index contributed by atoms with van der Waals surface area (Å²) in [6.45, 7) is 8.96. The normalized spacial score (nSPS) is 14.7. The van der Waals surface area contributed by atoms with E-state index >= 15 is 0 Å². The molecule has 0 bridgehead atoms. The van der Waals surface area contributed by atoms with Crippen molar-refractivity contribution in [3.8, 4) is 17.2 Å². The fraction of sp³-hybridized carbons (Fsp3) is 0.456. The number of amides is 8. The number of nitrogens with zero attached hydrogens (tertiary/aromatic N) is 5. The fourth-order valence-corrected chi connectivity index (χ4v) is 10.3. The number of nitrogens with one attached hydrogen (secondary N) is 3. The van der Waals surface area contributed by atoms with E-state index in [-0.39, 0.29) is 69.0 Å². The van der Waals surface area contributed by atoms with E-state index in [0.717, 1.165) is 16.5 Å². The number of rotatable bonds is 31. The first-order valence-corrected chi connectivity index (χ1v) is 30.9. The summed E-state index contributed by atoms with van der Waals surface area (Å²) in [5.74, 6) is -5.59. The number of esters is 2. The van der Waals surface area contributed by atoms with E-state index in [1.165, 1.54) is 61.8 Å². The van der Waals surface area contributed by atoms with E-state index < -0.39 is 102 Å². The number of Topliss-reactive ketones (excluding diaryl/α,β-unsaturated/α-hetero) is 1. The molecule has 4 aromatic carbocycles. The molecule has 4 aromatic rings. The maximum Gasteiger partial charge on any atom is 0.415 e. The van der Waals surface area contributed by atoms with Gasteiger partial charge in [-0.25, -0.2) is 14.4 Å². The van der Waals surface area contributed by atoms with Crippen LogP contribution in [-0.2, 0) is 81.4 Å². The largest absolute Gasteiger partial charge is 0.493 e. The predicted octanol–water partition coefficient (Wildman–Crippen LogP) is 5.03. The van der Waals surface area contributed by atoms with Gasteiger partial charge in [0.25, 0.3) is 5.91 Å². The van der Waals surface area contributed by atoms with Crippen molar-refractivity contribution in [3.63, 3.8) is 0 Å². The van der Waals surface area contributed by atoms with Crippen molar-refractivity contribution in [1.82, 2.24) is 35.1 Å². The topological polar surface area (TPSA) is 295 Å². The molecular weight excluding hydrogens is 1200 g/mol. The third-order valence-electron chi connectivity index (χ3n) is 16.1. The van der Waals surface area contributed by atoms with Crippen LogP contribution in [0.3, 0.4) is 0 Å². The number of carbonyl (C=O) groups is 11. The Morgan fingerprint density at radius 3 is 2.12 bits per heavy atom. The van der Waals surface area contributed by atoms with Crippen molar-refractivity contribution in [2.75, 3.05) is 99.8 Å². The van der Waals surface area contributed by atoms with Gasteiger partial charge in [-0.1, -0.05) is 67.2 Å². The van der Waals surface area contributed by atoms with Gasteiger partial charge in [0.2, 0.25) is 41.2 Å². The summed E-state index contributed by atoms with van der Waals surface area (Å²) in [5, 5.41) is 8.22. The van der Waals surface area contributed by atoms with Crippen LogP contribution in [0.4, 0.5) is 10.5 Å². The smallest absolute Gasteiger partial charge is 0.415 e. The molecule has 3 N–H and O–H groups in total. The van der Waals surface area contributed by atoms with E-state index in [9.17, 15) is 52.7 Å². The molecule has 0 radical (unpaired) electrons. The molecule has 2 aliphatic rings. The van der Waals surface area contributed by atoms with Crippen LogP contribution < -0.4 is 30.2 Å². The standard InChI is InChI=1S/C68H86N8O17/c1-10-61(81)91-44-68(3,4)62(82)65(85)76-33-16-15-22-52(76)66(86)93-54(29-25-47-26-30-55(88-8)56(40-47)89-9)48-20-17-21-49(41-48)70-57(77)31-32-59(79)74(7)53(39-46-23-27-50(28-24-46)92-67(87)75-34-36-90-37-35-75)63(83)71-51(38-45-18-13-12-14-19-45)64(84)73(6)43-58(78)69-42-60(80)72(5)11-2/h10,12-14,17-21,23-24,26-28,30,40-41,51-54H,1,11,15-16,22,25,29,31-39,42-44H2,2-9H3,(H,69,78)(H,70,77)(H,71,83)/t51-,52+,53+,54-/m1/s1. The number of anilines is 1. The summed E-state index contributed by atoms with van der Waals surface area (Å²) in [6, 6.07) is 23.6. The number of hydrogen-bond acceptors (Lipinski definition) is 17. The van der Waals surface area contributed by atoms with E-state index in [1.807, 2.05) is 6.07 Å². The lowest BCUT2D eigenvalue weighted by Crippen LogP contribution is -2.56. The summed E-state index contributed by atoms with van der Waals surface area (Å²) in [5.41, 5.74) is 1.35. The maximum absolute atomic E-state index is 14.8. The van der Waals surface area contributed by atoms with Crippen molar-refractivity contribution in [1.29, 1.82) is 0 Å². The van der Waals surface area contributed by atoms with Crippen LogP contribution in [0.15, 0.2) is 110 Å². The average Bonchev–Trinajstić information content (AvgIpc) is 0.950. The van der Waals surface area contributed by atoms with Crippen LogP contribution in [0.25, 0.3) is 0 Å². The lowest BCUT2D eigenvalue weighted by molar-refractivity contribution is -0.165. The van der Waals surface area contributed by atoms with E-state index in [1.54, 1.807) is 105 Å². The van der Waals surface area contributed by atoms with E-state index in [4.69, 9.17) is 28.4 Å². The number of carbonyl (C=O) groups excluding carboxylic acids is 11. The third kappa shape index (κ3) is 21.5. The summed E-state index contributed by atoms with van der Waals surface area (Å²) < 4.78 is 33.3. The Kier molecular flexibility index (Phi) is 27.4. The monoisotopic (exact) mass is 1290 g/mol. The summed E-state index contributed by atoms with van der Waals surface area (Å²) in [7, 11) is 7.41. The zero-order valence-corrected chi connectivity index (χ0v) is 54.2. The minimum Gasteiger partial charge on any atom is -0.493 e. The lowest BCUT2D eigenvalue weighted by atomic mass is 9.87. The number of hydrogen-bond donors (Lipinski definition) is 3. The zero-order chi connectivity index (χ0) is 67.8. The molecule has 6 rings (SSSR count). The zero-order valence-electron chi connectivity index (χ0n) is 54.2. The van der Waals surface area contributed by atoms with Gasteiger partial charge in [-0.2, -0.15) is 0 Å². The molecule has 93 heavy (non-hydrogen) atoms. The van der Waals surface area contributed by atoms with Crippen molar-refractivity contribution < 1.29 is 81.2 Å². The minimum atomic E-state index is -1.43. The molecule has 2 aliphatic heterocycles. The number of ketones is 1. The Bertz CT molecular complexity index is 3300. The number of benzene rings is 4. The van der Waals surface area contributed by atoms with E-state index in [0.29, 0.717) is 80.3 Å². The number of piperidine rings is 1. The molecule has 2 saturated heterocycles. The van der Waals surface area contributed by atoms with Crippen molar-refractivity contribution in [2.24, 2.45) is 5.41 Å². The second-order valence-electron chi connectivity index (χ2n) is 23.3. The number of likely N-dealkylation sites (tertiary alicyclic amines) is 1. The van der Waals surface area contributed by atoms with Crippen LogP contribution in [-0.4, -0.2) is 202 Å². The second kappa shape index (κ2) is 35.2. The number of likely N-dealkylation sites (N-methyl/N-ethyl adjacent to an activating group) is 3. The van der Waals surface area contributed by atoms with E-state index in [2.05, 4.69) is 22.5 Å². The quantitative estimate of drug-likeness (QED) is 0.0338. The molecular formula is C68H86N8O17.